The number of nitrogens with two attached hydrogens (primary N) is 1. The monoisotopic (exact) mass is 254 g/mol. The van der Waals surface area contributed by atoms with Crippen LogP contribution in [0.4, 0.5) is 5.69 Å². The number of rotatable bonds is 6. The Hall–Kier alpha value is -1.62. The lowest BCUT2D eigenvalue weighted by Gasteiger charge is -2.28. The Bertz CT molecular complexity index is 380. The second-order valence-electron chi connectivity index (χ2n) is 4.62. The first-order valence-corrected chi connectivity index (χ1v) is 5.75. The highest BCUT2D eigenvalue weighted by Gasteiger charge is 2.21. The van der Waals surface area contributed by atoms with Gasteiger partial charge in [0, 0.05) is 24.2 Å². The first-order valence-electron chi connectivity index (χ1n) is 5.75. The molecule has 0 aromatic heterocycles. The summed E-state index contributed by atoms with van der Waals surface area (Å²) in [4.78, 5) is 0. The molecule has 0 amide bonds. The molecule has 0 atom stereocenters. The second-order valence-corrected chi connectivity index (χ2v) is 4.62. The molecule has 0 saturated carbocycles. The van der Waals surface area contributed by atoms with Crippen molar-refractivity contribution in [3.8, 4) is 17.2 Å². The number of benzene rings is 1. The van der Waals surface area contributed by atoms with Gasteiger partial charge in [-0.05, 0) is 13.8 Å². The Morgan fingerprint density at radius 1 is 1.06 bits per heavy atom. The Kier molecular flexibility index (Phi) is 4.67. The maximum absolute atomic E-state index is 5.72. The van der Waals surface area contributed by atoms with E-state index in [1.54, 1.807) is 33.5 Å². The van der Waals surface area contributed by atoms with Crippen LogP contribution in [0.3, 0.4) is 0 Å². The number of methoxy groups -OCH3 is 3. The molecule has 1 rings (SSSR count). The Balaban J connectivity index is 3.23. The molecule has 0 aliphatic rings. The molecule has 0 heterocycles. The van der Waals surface area contributed by atoms with Crippen LogP contribution in [0.1, 0.15) is 13.8 Å². The normalized spacial score (nSPS) is 11.0. The van der Waals surface area contributed by atoms with Gasteiger partial charge in [-0.15, -0.1) is 0 Å². The topological polar surface area (TPSA) is 65.7 Å². The van der Waals surface area contributed by atoms with E-state index < -0.39 is 0 Å². The predicted octanol–water partition coefficient (Wildman–Crippen LogP) is 1.86. The molecule has 0 unspecified atom stereocenters. The third-order valence-corrected chi connectivity index (χ3v) is 2.69. The largest absolute Gasteiger partial charge is 0.496 e. The molecule has 18 heavy (non-hydrogen) atoms. The summed E-state index contributed by atoms with van der Waals surface area (Å²) in [7, 11) is 4.81. The summed E-state index contributed by atoms with van der Waals surface area (Å²) in [6.07, 6.45) is 0. The Morgan fingerprint density at radius 3 is 1.89 bits per heavy atom. The van der Waals surface area contributed by atoms with Gasteiger partial charge < -0.3 is 25.3 Å². The molecule has 0 aliphatic heterocycles. The van der Waals surface area contributed by atoms with Crippen LogP contribution in [0.2, 0.25) is 0 Å². The Morgan fingerprint density at radius 2 is 1.56 bits per heavy atom. The molecular weight excluding hydrogens is 232 g/mol. The third kappa shape index (κ3) is 3.20. The fraction of sp³-hybridized carbons (Fsp3) is 0.538. The summed E-state index contributed by atoms with van der Waals surface area (Å²) in [5.41, 5.74) is 6.24. The van der Waals surface area contributed by atoms with Gasteiger partial charge in [0.2, 0.25) is 0 Å². The van der Waals surface area contributed by atoms with E-state index in [0.29, 0.717) is 23.8 Å². The Labute approximate surface area is 108 Å². The first-order chi connectivity index (χ1) is 8.47. The highest BCUT2D eigenvalue weighted by molar-refractivity contribution is 5.69. The number of hydrogen-bond donors (Lipinski definition) is 2. The molecule has 0 bridgehead atoms. The van der Waals surface area contributed by atoms with Gasteiger partial charge in [0.1, 0.15) is 22.9 Å². The minimum Gasteiger partial charge on any atom is -0.496 e. The molecule has 102 valence electrons. The number of ether oxygens (including phenoxy) is 3. The van der Waals surface area contributed by atoms with Gasteiger partial charge in [0.05, 0.1) is 21.3 Å². The van der Waals surface area contributed by atoms with Crippen molar-refractivity contribution in [1.29, 1.82) is 0 Å². The van der Waals surface area contributed by atoms with E-state index in [4.69, 9.17) is 19.9 Å². The van der Waals surface area contributed by atoms with Crippen molar-refractivity contribution in [1.82, 2.24) is 0 Å². The van der Waals surface area contributed by atoms with E-state index >= 15 is 0 Å². The quantitative estimate of drug-likeness (QED) is 0.811. The van der Waals surface area contributed by atoms with E-state index in [9.17, 15) is 0 Å². The van der Waals surface area contributed by atoms with Gasteiger partial charge >= 0.3 is 0 Å². The number of nitrogens with one attached hydrogen (secondary N) is 1. The van der Waals surface area contributed by atoms with Crippen LogP contribution in [0, 0.1) is 0 Å². The molecule has 0 spiro atoms. The third-order valence-electron chi connectivity index (χ3n) is 2.69. The maximum atomic E-state index is 5.72. The number of hydrogen-bond acceptors (Lipinski definition) is 5. The highest BCUT2D eigenvalue weighted by atomic mass is 16.5. The van der Waals surface area contributed by atoms with E-state index in [0.717, 1.165) is 5.69 Å². The molecule has 1 aromatic rings. The molecule has 0 radical (unpaired) electrons. The van der Waals surface area contributed by atoms with Crippen LogP contribution in [-0.2, 0) is 0 Å². The molecular formula is C13H22N2O3. The van der Waals surface area contributed by atoms with Crippen molar-refractivity contribution in [2.75, 3.05) is 33.2 Å². The van der Waals surface area contributed by atoms with Gasteiger partial charge in [-0.2, -0.15) is 0 Å². The molecule has 5 heteroatoms. The van der Waals surface area contributed by atoms with Gasteiger partial charge in [-0.25, -0.2) is 0 Å². The van der Waals surface area contributed by atoms with E-state index in [2.05, 4.69) is 5.32 Å². The SMILES string of the molecule is COc1cc(OC)c(NC(C)(C)CN)c(OC)c1. The highest BCUT2D eigenvalue weighted by Crippen LogP contribution is 2.40. The standard InChI is InChI=1S/C13H22N2O3/c1-13(2,8-14)15-12-10(17-4)6-9(16-3)7-11(12)18-5/h6-7,15H,8,14H2,1-5H3. The van der Waals surface area contributed by atoms with Crippen molar-refractivity contribution < 1.29 is 14.2 Å². The van der Waals surface area contributed by atoms with Gasteiger partial charge in [-0.1, -0.05) is 0 Å². The second kappa shape index (κ2) is 5.82. The molecule has 0 aliphatic carbocycles. The van der Waals surface area contributed by atoms with E-state index in [1.165, 1.54) is 0 Å². The van der Waals surface area contributed by atoms with Crippen LogP contribution in [-0.4, -0.2) is 33.4 Å². The van der Waals surface area contributed by atoms with Crippen molar-refractivity contribution in [3.05, 3.63) is 12.1 Å². The summed E-state index contributed by atoms with van der Waals surface area (Å²) in [5.74, 6) is 2.00. The molecule has 1 aromatic carbocycles. The smallest absolute Gasteiger partial charge is 0.149 e. The summed E-state index contributed by atoms with van der Waals surface area (Å²) < 4.78 is 15.9. The zero-order valence-corrected chi connectivity index (χ0v) is 11.7. The van der Waals surface area contributed by atoms with Crippen molar-refractivity contribution in [2.24, 2.45) is 5.73 Å². The van der Waals surface area contributed by atoms with Crippen molar-refractivity contribution >= 4 is 5.69 Å². The molecule has 3 N–H and O–H groups in total. The van der Waals surface area contributed by atoms with Gasteiger partial charge in [-0.3, -0.25) is 0 Å². The van der Waals surface area contributed by atoms with Crippen LogP contribution in [0.15, 0.2) is 12.1 Å². The van der Waals surface area contributed by atoms with Crippen LogP contribution in [0.25, 0.3) is 0 Å². The lowest BCUT2D eigenvalue weighted by Crippen LogP contribution is -2.39. The van der Waals surface area contributed by atoms with Gasteiger partial charge in [0.15, 0.2) is 0 Å². The lowest BCUT2D eigenvalue weighted by atomic mass is 10.1. The van der Waals surface area contributed by atoms with Crippen molar-refractivity contribution in [2.45, 2.75) is 19.4 Å². The minimum atomic E-state index is -0.255. The van der Waals surface area contributed by atoms with E-state index in [-0.39, 0.29) is 5.54 Å². The predicted molar refractivity (Wildman–Crippen MR) is 72.9 cm³/mol. The number of anilines is 1. The zero-order chi connectivity index (χ0) is 13.8. The average molecular weight is 254 g/mol. The molecule has 0 fully saturated rings. The maximum Gasteiger partial charge on any atom is 0.149 e. The van der Waals surface area contributed by atoms with Crippen LogP contribution in [0.5, 0.6) is 17.2 Å². The summed E-state index contributed by atoms with van der Waals surface area (Å²) in [5, 5.41) is 3.33. The fourth-order valence-electron chi connectivity index (χ4n) is 1.52. The van der Waals surface area contributed by atoms with E-state index in [1.807, 2.05) is 13.8 Å². The lowest BCUT2D eigenvalue weighted by molar-refractivity contribution is 0.376. The summed E-state index contributed by atoms with van der Waals surface area (Å²) in [6, 6.07) is 3.61. The average Bonchev–Trinajstić information content (AvgIpc) is 2.38. The summed E-state index contributed by atoms with van der Waals surface area (Å²) in [6.45, 7) is 4.51. The summed E-state index contributed by atoms with van der Waals surface area (Å²) >= 11 is 0. The van der Waals surface area contributed by atoms with Crippen molar-refractivity contribution in [3.63, 3.8) is 0 Å². The minimum absolute atomic E-state index is 0.255. The molecule has 5 nitrogen and oxygen atoms in total. The zero-order valence-electron chi connectivity index (χ0n) is 11.7. The molecule has 0 saturated heterocycles. The van der Waals surface area contributed by atoms with Crippen LogP contribution < -0.4 is 25.3 Å². The van der Waals surface area contributed by atoms with Crippen LogP contribution >= 0.6 is 0 Å². The van der Waals surface area contributed by atoms with Gasteiger partial charge in [0.25, 0.3) is 0 Å². The first kappa shape index (κ1) is 14.4. The fourth-order valence-corrected chi connectivity index (χ4v) is 1.52.